The number of Topliss-reactive ketones (excluding diaryl/α,β-unsaturated/α-hetero) is 1. The molecule has 0 spiro atoms. The lowest BCUT2D eigenvalue weighted by Gasteiger charge is -2.33. The lowest BCUT2D eigenvalue weighted by molar-refractivity contribution is 0.0860. The van der Waals surface area contributed by atoms with Crippen LogP contribution in [0.5, 0.6) is 11.5 Å². The van der Waals surface area contributed by atoms with Crippen LogP contribution in [0.1, 0.15) is 23.7 Å². The number of benzene rings is 1. The highest BCUT2D eigenvalue weighted by Crippen LogP contribution is 2.30. The number of ketones is 1. The van der Waals surface area contributed by atoms with Crippen molar-refractivity contribution in [1.29, 1.82) is 0 Å². The number of sulfone groups is 1. The minimum atomic E-state index is -3.01. The first-order valence-electron chi connectivity index (χ1n) is 7.38. The molecule has 0 radical (unpaired) electrons. The van der Waals surface area contributed by atoms with E-state index < -0.39 is 15.4 Å². The number of carbonyl (C=O) groups is 1. The Bertz CT molecular complexity index is 700. The normalized spacial score (nSPS) is 23.0. The Morgan fingerprint density at radius 1 is 1.26 bits per heavy atom. The van der Waals surface area contributed by atoms with Crippen LogP contribution in [-0.4, -0.2) is 64.0 Å². The number of rotatable bonds is 6. The minimum Gasteiger partial charge on any atom is -0.493 e. The first-order valence-corrected chi connectivity index (χ1v) is 9.20. The summed E-state index contributed by atoms with van der Waals surface area (Å²) in [6.45, 7) is 2.04. The fraction of sp³-hybridized carbons (Fsp3) is 0.562. The summed E-state index contributed by atoms with van der Waals surface area (Å²) in [5.41, 5.74) is 0.0179. The summed E-state index contributed by atoms with van der Waals surface area (Å²) in [6, 6.07) is 5.02. The largest absolute Gasteiger partial charge is 0.493 e. The molecule has 0 amide bonds. The average Bonchev–Trinajstić information content (AvgIpc) is 2.81. The molecule has 7 heteroatoms. The lowest BCUT2D eigenvalue weighted by Crippen LogP contribution is -2.47. The Kier molecular flexibility index (Phi) is 5.01. The van der Waals surface area contributed by atoms with Gasteiger partial charge in [-0.15, -0.1) is 0 Å². The third-order valence-corrected chi connectivity index (χ3v) is 6.38. The second-order valence-electron chi connectivity index (χ2n) is 6.19. The maximum Gasteiger partial charge on any atom is 0.176 e. The fourth-order valence-corrected chi connectivity index (χ4v) is 5.01. The first kappa shape index (κ1) is 17.7. The highest BCUT2D eigenvalue weighted by Gasteiger charge is 2.41. The van der Waals surface area contributed by atoms with E-state index in [1.165, 1.54) is 14.2 Å². The molecule has 0 bridgehead atoms. The van der Waals surface area contributed by atoms with Gasteiger partial charge in [0.05, 0.1) is 32.3 Å². The van der Waals surface area contributed by atoms with Crippen molar-refractivity contribution >= 4 is 15.6 Å². The summed E-state index contributed by atoms with van der Waals surface area (Å²) in [5, 5.41) is 0. The second kappa shape index (κ2) is 6.49. The van der Waals surface area contributed by atoms with Gasteiger partial charge in [-0.2, -0.15) is 0 Å². The van der Waals surface area contributed by atoms with Crippen molar-refractivity contribution in [2.45, 2.75) is 18.9 Å². The van der Waals surface area contributed by atoms with Crippen molar-refractivity contribution < 1.29 is 22.7 Å². The smallest absolute Gasteiger partial charge is 0.176 e. The molecule has 1 aliphatic heterocycles. The van der Waals surface area contributed by atoms with Gasteiger partial charge in [-0.05, 0) is 38.6 Å². The standard InChI is InChI=1S/C16H23NO5S/c1-16(7-8-23(19,20)11-16)17(2)10-13(18)12-5-6-14(21-3)15(9-12)22-4/h5-6,9H,7-8,10-11H2,1-4H3/t16-/m1/s1. The Morgan fingerprint density at radius 2 is 1.91 bits per heavy atom. The minimum absolute atomic E-state index is 0.0843. The molecule has 2 rings (SSSR count). The predicted molar refractivity (Wildman–Crippen MR) is 88.2 cm³/mol. The van der Waals surface area contributed by atoms with E-state index in [0.717, 1.165) is 0 Å². The van der Waals surface area contributed by atoms with Crippen LogP contribution in [0.15, 0.2) is 18.2 Å². The number of likely N-dealkylation sites (N-methyl/N-ethyl adjacent to an activating group) is 1. The quantitative estimate of drug-likeness (QED) is 0.728. The molecule has 1 fully saturated rings. The van der Waals surface area contributed by atoms with Crippen LogP contribution in [0.3, 0.4) is 0 Å². The van der Waals surface area contributed by atoms with Gasteiger partial charge in [0, 0.05) is 11.1 Å². The van der Waals surface area contributed by atoms with Gasteiger partial charge in [0.2, 0.25) is 0 Å². The van der Waals surface area contributed by atoms with E-state index >= 15 is 0 Å². The Balaban J connectivity index is 2.13. The van der Waals surface area contributed by atoms with Gasteiger partial charge in [-0.25, -0.2) is 8.42 Å². The third kappa shape index (κ3) is 3.84. The fourth-order valence-electron chi connectivity index (χ4n) is 2.80. The molecule has 128 valence electrons. The van der Waals surface area contributed by atoms with Crippen LogP contribution in [0.2, 0.25) is 0 Å². The molecule has 1 aromatic rings. The van der Waals surface area contributed by atoms with Gasteiger partial charge in [-0.3, -0.25) is 9.69 Å². The van der Waals surface area contributed by atoms with E-state index in [0.29, 0.717) is 23.5 Å². The maximum absolute atomic E-state index is 12.5. The van der Waals surface area contributed by atoms with Crippen LogP contribution >= 0.6 is 0 Å². The zero-order chi connectivity index (χ0) is 17.3. The lowest BCUT2D eigenvalue weighted by atomic mass is 9.99. The van der Waals surface area contributed by atoms with E-state index in [-0.39, 0.29) is 23.8 Å². The van der Waals surface area contributed by atoms with Crippen molar-refractivity contribution in [2.75, 3.05) is 39.3 Å². The molecule has 0 aliphatic carbocycles. The van der Waals surface area contributed by atoms with E-state index in [1.807, 2.05) is 11.8 Å². The van der Waals surface area contributed by atoms with Gasteiger partial charge < -0.3 is 9.47 Å². The number of ether oxygens (including phenoxy) is 2. The first-order chi connectivity index (χ1) is 10.7. The third-order valence-electron chi connectivity index (χ3n) is 4.49. The molecule has 0 N–H and O–H groups in total. The zero-order valence-corrected chi connectivity index (χ0v) is 14.8. The summed E-state index contributed by atoms with van der Waals surface area (Å²) in [6.07, 6.45) is 0.547. The molecule has 1 saturated heterocycles. The molecule has 6 nitrogen and oxygen atoms in total. The number of hydrogen-bond donors (Lipinski definition) is 0. The van der Waals surface area contributed by atoms with Gasteiger partial charge in [0.25, 0.3) is 0 Å². The molecule has 0 aromatic heterocycles. The number of methoxy groups -OCH3 is 2. The molecular weight excluding hydrogens is 318 g/mol. The van der Waals surface area contributed by atoms with Crippen LogP contribution in [0, 0.1) is 0 Å². The van der Waals surface area contributed by atoms with E-state index in [2.05, 4.69) is 0 Å². The molecular formula is C16H23NO5S. The Morgan fingerprint density at radius 3 is 2.43 bits per heavy atom. The second-order valence-corrected chi connectivity index (χ2v) is 8.37. The summed E-state index contributed by atoms with van der Waals surface area (Å²) in [4.78, 5) is 14.3. The molecule has 1 aliphatic rings. The average molecular weight is 341 g/mol. The van der Waals surface area contributed by atoms with Crippen LogP contribution < -0.4 is 9.47 Å². The van der Waals surface area contributed by atoms with Gasteiger partial charge in [0.15, 0.2) is 27.1 Å². The molecule has 0 saturated carbocycles. The van der Waals surface area contributed by atoms with Crippen molar-refractivity contribution in [3.63, 3.8) is 0 Å². The molecule has 1 atom stereocenters. The summed E-state index contributed by atoms with van der Waals surface area (Å²) in [5.74, 6) is 1.24. The molecule has 23 heavy (non-hydrogen) atoms. The summed E-state index contributed by atoms with van der Waals surface area (Å²) >= 11 is 0. The van der Waals surface area contributed by atoms with Crippen molar-refractivity contribution in [1.82, 2.24) is 4.90 Å². The Hall–Kier alpha value is -1.60. The van der Waals surface area contributed by atoms with Crippen LogP contribution in [-0.2, 0) is 9.84 Å². The highest BCUT2D eigenvalue weighted by molar-refractivity contribution is 7.91. The topological polar surface area (TPSA) is 72.9 Å². The van der Waals surface area contributed by atoms with E-state index in [1.54, 1.807) is 25.2 Å². The van der Waals surface area contributed by atoms with Crippen molar-refractivity contribution in [2.24, 2.45) is 0 Å². The monoisotopic (exact) mass is 341 g/mol. The highest BCUT2D eigenvalue weighted by atomic mass is 32.2. The Labute approximate surface area is 137 Å². The van der Waals surface area contributed by atoms with Crippen LogP contribution in [0.25, 0.3) is 0 Å². The summed E-state index contributed by atoms with van der Waals surface area (Å²) in [7, 11) is 1.84. The molecule has 1 heterocycles. The SMILES string of the molecule is COc1ccc(C(=O)CN(C)[C@]2(C)CCS(=O)(=O)C2)cc1OC. The zero-order valence-electron chi connectivity index (χ0n) is 14.0. The predicted octanol–water partition coefficient (Wildman–Crippen LogP) is 1.40. The van der Waals surface area contributed by atoms with Gasteiger partial charge in [-0.1, -0.05) is 0 Å². The summed E-state index contributed by atoms with van der Waals surface area (Å²) < 4.78 is 33.8. The number of hydrogen-bond acceptors (Lipinski definition) is 6. The van der Waals surface area contributed by atoms with Crippen LogP contribution in [0.4, 0.5) is 0 Å². The van der Waals surface area contributed by atoms with Crippen molar-refractivity contribution in [3.05, 3.63) is 23.8 Å². The van der Waals surface area contributed by atoms with Crippen molar-refractivity contribution in [3.8, 4) is 11.5 Å². The van der Waals surface area contributed by atoms with Gasteiger partial charge >= 0.3 is 0 Å². The maximum atomic E-state index is 12.5. The van der Waals surface area contributed by atoms with E-state index in [4.69, 9.17) is 9.47 Å². The number of carbonyl (C=O) groups excluding carboxylic acids is 1. The van der Waals surface area contributed by atoms with E-state index in [9.17, 15) is 13.2 Å². The van der Waals surface area contributed by atoms with Gasteiger partial charge in [0.1, 0.15) is 0 Å². The molecule has 1 aromatic carbocycles. The molecule has 0 unspecified atom stereocenters. The number of nitrogens with zero attached hydrogens (tertiary/aromatic N) is 1.